The van der Waals surface area contributed by atoms with Gasteiger partial charge in [-0.3, -0.25) is 9.78 Å². The van der Waals surface area contributed by atoms with Gasteiger partial charge in [0.25, 0.3) is 5.91 Å². The molecule has 0 fully saturated rings. The largest absolute Gasteiger partial charge is 0.365 e. The number of nitrogens with two attached hydrogens (primary N) is 2. The minimum absolute atomic E-state index is 0.0633. The van der Waals surface area contributed by atoms with Crippen LogP contribution >= 0.6 is 0 Å². The zero-order valence-corrected chi connectivity index (χ0v) is 19.8. The van der Waals surface area contributed by atoms with Gasteiger partial charge in [0.15, 0.2) is 11.6 Å². The predicted molar refractivity (Wildman–Crippen MR) is 144 cm³/mol. The summed E-state index contributed by atoms with van der Waals surface area (Å²) >= 11 is 0. The van der Waals surface area contributed by atoms with E-state index in [-0.39, 0.29) is 17.2 Å². The molecule has 0 spiro atoms. The number of carbonyl (C=O) groups is 1. The molecule has 0 saturated heterocycles. The first kappa shape index (κ1) is 23.9. The van der Waals surface area contributed by atoms with Crippen LogP contribution in [0.3, 0.4) is 0 Å². The average Bonchev–Trinajstić information content (AvgIpc) is 2.93. The molecule has 0 saturated carbocycles. The van der Waals surface area contributed by atoms with Crippen molar-refractivity contribution in [1.82, 2.24) is 9.97 Å². The Labute approximate surface area is 213 Å². The lowest BCUT2D eigenvalue weighted by Gasteiger charge is -2.27. The molecule has 6 N–H and O–H groups in total. The van der Waals surface area contributed by atoms with Crippen molar-refractivity contribution in [3.05, 3.63) is 126 Å². The highest BCUT2D eigenvalue weighted by Crippen LogP contribution is 2.32. The molecule has 37 heavy (non-hydrogen) atoms. The van der Waals surface area contributed by atoms with E-state index in [4.69, 9.17) is 11.5 Å². The summed E-state index contributed by atoms with van der Waals surface area (Å²) in [6.45, 7) is 0. The molecule has 0 aliphatic rings. The smallest absolute Gasteiger partial charge is 0.252 e. The standard InChI is InChI=1S/C29H25FN6O/c30-23-17-22(27(32)37)28(34-21-14-13-18-12-7-15-33-24(18)16-21)36-29(23)35-26(20-10-5-2-6-11-20)25(31)19-8-3-1-4-9-19/h1-17,25-26H,31H2,(H2,32,37)(H2,34,35,36)/t25-,26+/m1/s1. The summed E-state index contributed by atoms with van der Waals surface area (Å²) < 4.78 is 15.3. The number of primary amides is 1. The maximum Gasteiger partial charge on any atom is 0.252 e. The van der Waals surface area contributed by atoms with E-state index >= 15 is 4.39 Å². The van der Waals surface area contributed by atoms with Crippen molar-refractivity contribution >= 4 is 34.1 Å². The number of amides is 1. The Kier molecular flexibility index (Phi) is 6.74. The molecule has 8 heteroatoms. The Balaban J connectivity index is 1.53. The quantitative estimate of drug-likeness (QED) is 0.228. The summed E-state index contributed by atoms with van der Waals surface area (Å²) in [4.78, 5) is 20.9. The fourth-order valence-electron chi connectivity index (χ4n) is 4.21. The monoisotopic (exact) mass is 492 g/mol. The number of nitrogens with zero attached hydrogens (tertiary/aromatic N) is 2. The summed E-state index contributed by atoms with van der Waals surface area (Å²) in [5.41, 5.74) is 15.2. The van der Waals surface area contributed by atoms with E-state index in [1.807, 2.05) is 91.0 Å². The SMILES string of the molecule is NC(=O)c1cc(F)c(N[C@@H](c2ccccc2)[C@H](N)c2ccccc2)nc1Nc1ccc2cccnc2c1. The molecule has 2 heterocycles. The number of halogens is 1. The number of fused-ring (bicyclic) bond motifs is 1. The number of rotatable bonds is 8. The molecule has 0 aliphatic heterocycles. The highest BCUT2D eigenvalue weighted by atomic mass is 19.1. The van der Waals surface area contributed by atoms with Crippen molar-refractivity contribution in [2.24, 2.45) is 11.5 Å². The average molecular weight is 493 g/mol. The number of carbonyl (C=O) groups excluding carboxylic acids is 1. The molecule has 0 radical (unpaired) electrons. The first-order chi connectivity index (χ1) is 18.0. The third-order valence-corrected chi connectivity index (χ3v) is 6.10. The summed E-state index contributed by atoms with van der Waals surface area (Å²) in [6.07, 6.45) is 1.69. The number of benzene rings is 3. The van der Waals surface area contributed by atoms with Gasteiger partial charge in [-0.2, -0.15) is 0 Å². The number of hydrogen-bond donors (Lipinski definition) is 4. The van der Waals surface area contributed by atoms with Gasteiger partial charge in [0.05, 0.1) is 23.2 Å². The lowest BCUT2D eigenvalue weighted by molar-refractivity contribution is 0.100. The lowest BCUT2D eigenvalue weighted by atomic mass is 9.94. The Morgan fingerprint density at radius 3 is 2.24 bits per heavy atom. The Hall–Kier alpha value is -4.82. The molecule has 184 valence electrons. The predicted octanol–water partition coefficient (Wildman–Crippen LogP) is 5.46. The van der Waals surface area contributed by atoms with Gasteiger partial charge in [-0.05, 0) is 35.4 Å². The molecule has 2 aromatic heterocycles. The molecule has 0 aliphatic carbocycles. The second-order valence-corrected chi connectivity index (χ2v) is 8.58. The maximum atomic E-state index is 15.3. The van der Waals surface area contributed by atoms with Crippen molar-refractivity contribution in [3.8, 4) is 0 Å². The molecule has 2 atom stereocenters. The van der Waals surface area contributed by atoms with E-state index in [2.05, 4.69) is 20.6 Å². The van der Waals surface area contributed by atoms with Gasteiger partial charge < -0.3 is 22.1 Å². The van der Waals surface area contributed by atoms with E-state index in [9.17, 15) is 4.79 Å². The topological polar surface area (TPSA) is 119 Å². The third-order valence-electron chi connectivity index (χ3n) is 6.10. The Morgan fingerprint density at radius 1 is 0.838 bits per heavy atom. The molecule has 1 amide bonds. The second-order valence-electron chi connectivity index (χ2n) is 8.58. The molecule has 3 aromatic carbocycles. The van der Waals surface area contributed by atoms with Crippen LogP contribution in [0.15, 0.2) is 103 Å². The molecule has 5 aromatic rings. The van der Waals surface area contributed by atoms with Crippen LogP contribution in [0.4, 0.5) is 21.7 Å². The van der Waals surface area contributed by atoms with Gasteiger partial charge >= 0.3 is 0 Å². The van der Waals surface area contributed by atoms with Crippen LogP contribution in [0.2, 0.25) is 0 Å². The van der Waals surface area contributed by atoms with Crippen LogP contribution in [0, 0.1) is 5.82 Å². The highest BCUT2D eigenvalue weighted by molar-refractivity contribution is 5.99. The number of aromatic nitrogens is 2. The molecular formula is C29H25FN6O. The zero-order chi connectivity index (χ0) is 25.8. The van der Waals surface area contributed by atoms with Crippen molar-refractivity contribution < 1.29 is 9.18 Å². The number of hydrogen-bond acceptors (Lipinski definition) is 6. The van der Waals surface area contributed by atoms with Gasteiger partial charge in [0.1, 0.15) is 5.82 Å². The van der Waals surface area contributed by atoms with E-state index in [1.165, 1.54) is 0 Å². The van der Waals surface area contributed by atoms with E-state index in [0.29, 0.717) is 5.69 Å². The van der Waals surface area contributed by atoms with Crippen LogP contribution in [-0.2, 0) is 0 Å². The fourth-order valence-corrected chi connectivity index (χ4v) is 4.21. The first-order valence-corrected chi connectivity index (χ1v) is 11.7. The second kappa shape index (κ2) is 10.4. The van der Waals surface area contributed by atoms with E-state index in [0.717, 1.165) is 28.1 Å². The fraction of sp³-hybridized carbons (Fsp3) is 0.0690. The lowest BCUT2D eigenvalue weighted by Crippen LogP contribution is -2.27. The molecular weight excluding hydrogens is 467 g/mol. The first-order valence-electron chi connectivity index (χ1n) is 11.7. The van der Waals surface area contributed by atoms with Crippen molar-refractivity contribution in [2.45, 2.75) is 12.1 Å². The number of anilines is 3. The van der Waals surface area contributed by atoms with Gasteiger partial charge in [-0.1, -0.05) is 72.8 Å². The molecule has 0 unspecified atom stereocenters. The molecule has 0 bridgehead atoms. The van der Waals surface area contributed by atoms with Crippen molar-refractivity contribution in [3.63, 3.8) is 0 Å². The third kappa shape index (κ3) is 5.24. The molecule has 7 nitrogen and oxygen atoms in total. The van der Waals surface area contributed by atoms with Crippen molar-refractivity contribution in [2.75, 3.05) is 10.6 Å². The van der Waals surface area contributed by atoms with E-state index < -0.39 is 23.8 Å². The van der Waals surface area contributed by atoms with E-state index in [1.54, 1.807) is 6.20 Å². The van der Waals surface area contributed by atoms with Gasteiger partial charge in [0, 0.05) is 17.3 Å². The van der Waals surface area contributed by atoms with Crippen LogP contribution in [0.1, 0.15) is 33.6 Å². The van der Waals surface area contributed by atoms with Crippen molar-refractivity contribution in [1.29, 1.82) is 0 Å². The summed E-state index contributed by atoms with van der Waals surface area (Å²) in [5.74, 6) is -1.47. The number of nitrogens with one attached hydrogen (secondary N) is 2. The van der Waals surface area contributed by atoms with Gasteiger partial charge in [0.2, 0.25) is 0 Å². The summed E-state index contributed by atoms with van der Waals surface area (Å²) in [7, 11) is 0. The van der Waals surface area contributed by atoms with Gasteiger partial charge in [-0.25, -0.2) is 9.37 Å². The van der Waals surface area contributed by atoms with Crippen LogP contribution in [0.25, 0.3) is 10.9 Å². The summed E-state index contributed by atoms with van der Waals surface area (Å²) in [6, 6.07) is 28.4. The minimum atomic E-state index is -0.806. The van der Waals surface area contributed by atoms with Gasteiger partial charge in [-0.15, -0.1) is 0 Å². The maximum absolute atomic E-state index is 15.3. The van der Waals surface area contributed by atoms with Crippen LogP contribution < -0.4 is 22.1 Å². The van der Waals surface area contributed by atoms with Crippen LogP contribution in [-0.4, -0.2) is 15.9 Å². The normalized spacial score (nSPS) is 12.6. The summed E-state index contributed by atoms with van der Waals surface area (Å²) in [5, 5.41) is 7.22. The number of pyridine rings is 2. The Bertz CT molecular complexity index is 1540. The molecule has 5 rings (SSSR count). The highest BCUT2D eigenvalue weighted by Gasteiger charge is 2.25. The minimum Gasteiger partial charge on any atom is -0.365 e. The van der Waals surface area contributed by atoms with Crippen LogP contribution in [0.5, 0.6) is 0 Å². The zero-order valence-electron chi connectivity index (χ0n) is 19.8. The Morgan fingerprint density at radius 2 is 1.54 bits per heavy atom.